The summed E-state index contributed by atoms with van der Waals surface area (Å²) in [4.78, 5) is 19.7. The number of fused-ring (bicyclic) bond motifs is 4. The summed E-state index contributed by atoms with van der Waals surface area (Å²) in [6, 6.07) is 8.15. The Kier molecular flexibility index (Phi) is 11.4. The number of hydrogen-bond donors (Lipinski definition) is 4. The predicted octanol–water partition coefficient (Wildman–Crippen LogP) is 4.55. The summed E-state index contributed by atoms with van der Waals surface area (Å²) in [5.41, 5.74) is 5.88. The Morgan fingerprint density at radius 1 is 0.556 bits per heavy atom. The van der Waals surface area contributed by atoms with Crippen molar-refractivity contribution in [1.29, 1.82) is 0 Å². The van der Waals surface area contributed by atoms with Crippen LogP contribution in [0.4, 0.5) is 0 Å². The minimum atomic E-state index is -0.466. The van der Waals surface area contributed by atoms with Gasteiger partial charge in [-0.15, -0.1) is 25.3 Å². The fourth-order valence-corrected chi connectivity index (χ4v) is 4.39. The molecule has 2 aromatic carbocycles. The van der Waals surface area contributed by atoms with Crippen molar-refractivity contribution in [2.24, 2.45) is 20.0 Å². The monoisotopic (exact) mass is 524 g/mol. The number of aliphatic hydroxyl groups excluding tert-OH is 2. The van der Waals surface area contributed by atoms with Crippen LogP contribution >= 0.6 is 25.3 Å². The molecule has 2 aromatic rings. The number of rotatable bonds is 0. The van der Waals surface area contributed by atoms with Gasteiger partial charge in [-0.05, 0) is 74.9 Å². The first-order chi connectivity index (χ1) is 17.3. The molecule has 1 aliphatic heterocycles. The SMILES string of the molecule is Cc1cc2c(S)c(c1)C=NCCC(O)CCN=Cc1cc(C)cc(c1S)C=NCCC(O)CCN=C2. The molecule has 3 rings (SSSR count). The molecule has 192 valence electrons. The van der Waals surface area contributed by atoms with E-state index in [0.717, 1.165) is 43.2 Å². The Morgan fingerprint density at radius 3 is 1.06 bits per heavy atom. The Labute approximate surface area is 225 Å². The van der Waals surface area contributed by atoms with Crippen LogP contribution in [0.5, 0.6) is 0 Å². The molecule has 0 saturated carbocycles. The van der Waals surface area contributed by atoms with E-state index in [9.17, 15) is 10.2 Å². The number of thiol groups is 2. The number of aryl methyl sites for hydroxylation is 2. The van der Waals surface area contributed by atoms with Gasteiger partial charge in [0.2, 0.25) is 0 Å². The van der Waals surface area contributed by atoms with Crippen LogP contribution in [0.25, 0.3) is 0 Å². The van der Waals surface area contributed by atoms with Crippen molar-refractivity contribution in [1.82, 2.24) is 0 Å². The quantitative estimate of drug-likeness (QED) is 0.381. The highest BCUT2D eigenvalue weighted by Crippen LogP contribution is 2.20. The first kappa shape index (κ1) is 28.3. The van der Waals surface area contributed by atoms with Crippen LogP contribution in [-0.4, -0.2) is 73.5 Å². The van der Waals surface area contributed by atoms with E-state index in [1.54, 1.807) is 0 Å². The number of nitrogens with zero attached hydrogens (tertiary/aromatic N) is 4. The van der Waals surface area contributed by atoms with E-state index in [4.69, 9.17) is 0 Å². The molecule has 36 heavy (non-hydrogen) atoms. The first-order valence-corrected chi connectivity index (χ1v) is 13.3. The third kappa shape index (κ3) is 9.00. The van der Waals surface area contributed by atoms with Gasteiger partial charge in [0.1, 0.15) is 0 Å². The fourth-order valence-electron chi connectivity index (χ4n) is 3.90. The third-order valence-electron chi connectivity index (χ3n) is 5.91. The van der Waals surface area contributed by atoms with Crippen molar-refractivity contribution in [2.75, 3.05) is 26.2 Å². The number of hydrogen-bond acceptors (Lipinski definition) is 8. The van der Waals surface area contributed by atoms with Crippen molar-refractivity contribution < 1.29 is 10.2 Å². The maximum Gasteiger partial charge on any atom is 0.0575 e. The van der Waals surface area contributed by atoms with Crippen LogP contribution < -0.4 is 0 Å². The molecule has 0 saturated heterocycles. The average molecular weight is 525 g/mol. The molecule has 8 heteroatoms. The molecule has 0 unspecified atom stereocenters. The molecule has 4 bridgehead atoms. The summed E-state index contributed by atoms with van der Waals surface area (Å²) < 4.78 is 0. The average Bonchev–Trinajstić information content (AvgIpc) is 2.84. The van der Waals surface area contributed by atoms with Gasteiger partial charge in [0.15, 0.2) is 0 Å². The van der Waals surface area contributed by atoms with E-state index in [-0.39, 0.29) is 0 Å². The number of aliphatic hydroxyl groups is 2. The van der Waals surface area contributed by atoms with Crippen molar-refractivity contribution in [3.8, 4) is 0 Å². The fraction of sp³-hybridized carbons (Fsp3) is 0.429. The predicted molar refractivity (Wildman–Crippen MR) is 157 cm³/mol. The smallest absolute Gasteiger partial charge is 0.0575 e. The zero-order valence-corrected chi connectivity index (χ0v) is 22.8. The van der Waals surface area contributed by atoms with Crippen LogP contribution in [-0.2, 0) is 0 Å². The molecule has 0 radical (unpaired) electrons. The maximum absolute atomic E-state index is 10.3. The number of aliphatic imine (C=N–C) groups is 4. The van der Waals surface area contributed by atoms with E-state index < -0.39 is 12.2 Å². The molecule has 0 amide bonds. The van der Waals surface area contributed by atoms with Crippen molar-refractivity contribution in [2.45, 2.75) is 61.5 Å². The second kappa shape index (κ2) is 14.5. The standard InChI is InChI=1S/C28H36N4O2S2/c1-19-11-21-15-29-7-3-25(33)5-9-31-17-23-13-20(2)14-24(28(23)36)18-32-10-6-26(34)4-8-30-16-22(12-19)27(21)35/h11-18,25-26,33-36H,3-10H2,1-2H3. The van der Waals surface area contributed by atoms with Gasteiger partial charge in [-0.25, -0.2) is 0 Å². The molecule has 1 heterocycles. The van der Waals surface area contributed by atoms with Crippen LogP contribution in [0.3, 0.4) is 0 Å². The second-order valence-corrected chi connectivity index (χ2v) is 10.1. The van der Waals surface area contributed by atoms with E-state index in [2.05, 4.69) is 45.2 Å². The molecule has 0 aliphatic carbocycles. The van der Waals surface area contributed by atoms with Crippen LogP contribution in [0.1, 0.15) is 59.1 Å². The Morgan fingerprint density at radius 2 is 0.806 bits per heavy atom. The molecule has 2 N–H and O–H groups in total. The Balaban J connectivity index is 1.77. The zero-order chi connectivity index (χ0) is 25.9. The molecule has 1 aliphatic rings. The van der Waals surface area contributed by atoms with Gasteiger partial charge in [-0.3, -0.25) is 20.0 Å². The highest BCUT2D eigenvalue weighted by molar-refractivity contribution is 7.80. The lowest BCUT2D eigenvalue weighted by Gasteiger charge is -2.09. The normalized spacial score (nSPS) is 20.3. The number of benzene rings is 2. The summed E-state index contributed by atoms with van der Waals surface area (Å²) in [5.74, 6) is 0. The Hall–Kier alpha value is -2.26. The molecular weight excluding hydrogens is 488 g/mol. The third-order valence-corrected chi connectivity index (χ3v) is 6.95. The highest BCUT2D eigenvalue weighted by Gasteiger charge is 2.08. The van der Waals surface area contributed by atoms with Gasteiger partial charge in [0.05, 0.1) is 12.2 Å². The van der Waals surface area contributed by atoms with Crippen molar-refractivity contribution >= 4 is 50.1 Å². The van der Waals surface area contributed by atoms with Gasteiger partial charge in [0.25, 0.3) is 0 Å². The summed E-state index contributed by atoms with van der Waals surface area (Å²) in [5, 5.41) is 20.7. The summed E-state index contributed by atoms with van der Waals surface area (Å²) >= 11 is 9.36. The van der Waals surface area contributed by atoms with E-state index in [1.807, 2.05) is 63.0 Å². The van der Waals surface area contributed by atoms with E-state index in [0.29, 0.717) is 51.9 Å². The van der Waals surface area contributed by atoms with E-state index >= 15 is 0 Å². The molecule has 6 nitrogen and oxygen atoms in total. The summed E-state index contributed by atoms with van der Waals surface area (Å²) in [7, 11) is 0. The van der Waals surface area contributed by atoms with E-state index in [1.165, 1.54) is 0 Å². The van der Waals surface area contributed by atoms with Crippen molar-refractivity contribution in [3.05, 3.63) is 57.6 Å². The van der Waals surface area contributed by atoms with Crippen LogP contribution in [0.2, 0.25) is 0 Å². The van der Waals surface area contributed by atoms with Crippen LogP contribution in [0.15, 0.2) is 54.0 Å². The summed E-state index contributed by atoms with van der Waals surface area (Å²) in [6.45, 7) is 6.14. The van der Waals surface area contributed by atoms with Gasteiger partial charge < -0.3 is 10.2 Å². The maximum atomic E-state index is 10.3. The molecule has 0 aromatic heterocycles. The highest BCUT2D eigenvalue weighted by atomic mass is 32.1. The lowest BCUT2D eigenvalue weighted by molar-refractivity contribution is 0.160. The lowest BCUT2D eigenvalue weighted by atomic mass is 10.1. The first-order valence-electron chi connectivity index (χ1n) is 12.4. The summed E-state index contributed by atoms with van der Waals surface area (Å²) in [6.07, 6.45) is 8.58. The topological polar surface area (TPSA) is 89.9 Å². The largest absolute Gasteiger partial charge is 0.393 e. The molecular formula is C28H36N4O2S2. The van der Waals surface area contributed by atoms with Crippen LogP contribution in [0, 0.1) is 13.8 Å². The van der Waals surface area contributed by atoms with Gasteiger partial charge in [-0.1, -0.05) is 0 Å². The molecule has 0 spiro atoms. The minimum Gasteiger partial charge on any atom is -0.393 e. The van der Waals surface area contributed by atoms with Gasteiger partial charge >= 0.3 is 0 Å². The lowest BCUT2D eigenvalue weighted by Crippen LogP contribution is -2.10. The Bertz CT molecular complexity index is 977. The zero-order valence-electron chi connectivity index (χ0n) is 21.0. The van der Waals surface area contributed by atoms with Gasteiger partial charge in [0, 0.05) is 83.1 Å². The van der Waals surface area contributed by atoms with Gasteiger partial charge in [-0.2, -0.15) is 0 Å². The van der Waals surface area contributed by atoms with Crippen molar-refractivity contribution in [3.63, 3.8) is 0 Å². The second-order valence-electron chi connectivity index (χ2n) is 9.19. The minimum absolute atomic E-state index is 0.466. The molecule has 0 fully saturated rings. The molecule has 0 atom stereocenters.